The second-order valence-corrected chi connectivity index (χ2v) is 6.61. The van der Waals surface area contributed by atoms with E-state index < -0.39 is 0 Å². The van der Waals surface area contributed by atoms with Crippen molar-refractivity contribution in [3.63, 3.8) is 0 Å². The largest absolute Gasteiger partial charge is 0.299 e. The van der Waals surface area contributed by atoms with E-state index in [2.05, 4.69) is 43.3 Å². The Morgan fingerprint density at radius 1 is 1.28 bits per heavy atom. The molecule has 0 N–H and O–H groups in total. The first kappa shape index (κ1) is 20.6. The minimum absolute atomic E-state index is 0.126. The van der Waals surface area contributed by atoms with Gasteiger partial charge in [0, 0.05) is 34.9 Å². The molecule has 0 saturated carbocycles. The van der Waals surface area contributed by atoms with Gasteiger partial charge in [0.2, 0.25) is 0 Å². The number of nitrogens with zero attached hydrogens (tertiary/aromatic N) is 1. The van der Waals surface area contributed by atoms with Crippen molar-refractivity contribution in [3.8, 4) is 11.8 Å². The van der Waals surface area contributed by atoms with Gasteiger partial charge in [0.05, 0.1) is 0 Å². The molecule has 2 heteroatoms. The summed E-state index contributed by atoms with van der Waals surface area (Å²) < 4.78 is 0. The topological polar surface area (TPSA) is 29.4 Å². The molecule has 3 unspecified atom stereocenters. The predicted octanol–water partition coefficient (Wildman–Crippen LogP) is 5.46. The Morgan fingerprint density at radius 3 is 2.52 bits per heavy atom. The molecule has 0 bridgehead atoms. The minimum Gasteiger partial charge on any atom is -0.299 e. The van der Waals surface area contributed by atoms with E-state index in [0.717, 1.165) is 22.4 Å². The van der Waals surface area contributed by atoms with Crippen LogP contribution in [0.1, 0.15) is 41.5 Å². The number of ketones is 1. The first-order chi connectivity index (χ1) is 11.8. The van der Waals surface area contributed by atoms with Gasteiger partial charge in [0.25, 0.3) is 0 Å². The predicted molar refractivity (Wildman–Crippen MR) is 108 cm³/mol. The molecule has 0 amide bonds. The van der Waals surface area contributed by atoms with Crippen molar-refractivity contribution >= 4 is 11.5 Å². The van der Waals surface area contributed by atoms with Crippen molar-refractivity contribution in [3.05, 3.63) is 59.9 Å². The summed E-state index contributed by atoms with van der Waals surface area (Å²) in [4.78, 5) is 16.0. The Kier molecular flexibility index (Phi) is 8.08. The molecule has 132 valence electrons. The van der Waals surface area contributed by atoms with Crippen LogP contribution in [0.2, 0.25) is 0 Å². The highest BCUT2D eigenvalue weighted by Crippen LogP contribution is 2.26. The molecule has 3 atom stereocenters. The van der Waals surface area contributed by atoms with E-state index in [1.165, 1.54) is 0 Å². The van der Waals surface area contributed by atoms with E-state index in [0.29, 0.717) is 11.8 Å². The lowest BCUT2D eigenvalue weighted by molar-refractivity contribution is -0.118. The fraction of sp³-hybridized carbons (Fsp3) is 0.391. The fourth-order valence-electron chi connectivity index (χ4n) is 2.31. The molecule has 0 aliphatic carbocycles. The number of allylic oxidation sites excluding steroid dienone is 8. The van der Waals surface area contributed by atoms with Gasteiger partial charge in [-0.25, -0.2) is 0 Å². The number of Topliss-reactive ketones (excluding diaryl/α,β-unsaturated/α-hetero) is 1. The van der Waals surface area contributed by atoms with E-state index in [9.17, 15) is 4.79 Å². The van der Waals surface area contributed by atoms with Crippen molar-refractivity contribution in [1.82, 2.24) is 0 Å². The Bertz CT molecular complexity index is 732. The molecule has 25 heavy (non-hydrogen) atoms. The summed E-state index contributed by atoms with van der Waals surface area (Å²) in [7, 11) is 0. The molecule has 0 aromatic carbocycles. The lowest BCUT2D eigenvalue weighted by Gasteiger charge is -2.23. The highest BCUT2D eigenvalue weighted by atomic mass is 16.1. The summed E-state index contributed by atoms with van der Waals surface area (Å²) in [5.41, 5.74) is 3.78. The zero-order valence-electron chi connectivity index (χ0n) is 16.3. The van der Waals surface area contributed by atoms with Crippen LogP contribution in [0.4, 0.5) is 0 Å². The summed E-state index contributed by atoms with van der Waals surface area (Å²) in [6, 6.07) is 0. The van der Waals surface area contributed by atoms with Crippen LogP contribution < -0.4 is 0 Å². The van der Waals surface area contributed by atoms with Gasteiger partial charge in [-0.05, 0) is 38.3 Å². The fourth-order valence-corrected chi connectivity index (χ4v) is 2.31. The van der Waals surface area contributed by atoms with Crippen LogP contribution >= 0.6 is 0 Å². The van der Waals surface area contributed by atoms with Gasteiger partial charge in [0.15, 0.2) is 0 Å². The first-order valence-electron chi connectivity index (χ1n) is 8.75. The third kappa shape index (κ3) is 6.19. The Balaban J connectivity index is 3.11. The van der Waals surface area contributed by atoms with Crippen LogP contribution in [-0.4, -0.2) is 11.5 Å². The van der Waals surface area contributed by atoms with Gasteiger partial charge in [-0.3, -0.25) is 9.79 Å². The van der Waals surface area contributed by atoms with Crippen LogP contribution in [0.3, 0.4) is 0 Å². The molecule has 0 saturated heterocycles. The minimum atomic E-state index is -0.154. The van der Waals surface area contributed by atoms with Crippen molar-refractivity contribution in [1.29, 1.82) is 0 Å². The average Bonchev–Trinajstić information content (AvgIpc) is 2.56. The summed E-state index contributed by atoms with van der Waals surface area (Å²) >= 11 is 0. The Hall–Kier alpha value is -2.40. The van der Waals surface area contributed by atoms with Gasteiger partial charge in [-0.15, -0.1) is 0 Å². The zero-order chi connectivity index (χ0) is 19.0. The summed E-state index contributed by atoms with van der Waals surface area (Å²) in [6.45, 7) is 15.7. The highest BCUT2D eigenvalue weighted by molar-refractivity contribution is 5.98. The number of aliphatic imine (C=N–C) groups is 1. The summed E-state index contributed by atoms with van der Waals surface area (Å²) in [6.07, 6.45) is 11.8. The molecule has 2 nitrogen and oxygen atoms in total. The molecule has 0 aromatic rings. The van der Waals surface area contributed by atoms with E-state index in [-0.39, 0.29) is 11.7 Å². The Morgan fingerprint density at radius 2 is 1.96 bits per heavy atom. The second-order valence-electron chi connectivity index (χ2n) is 6.61. The molecule has 1 rings (SSSR count). The molecule has 0 aromatic heterocycles. The number of rotatable bonds is 5. The number of hydrogen-bond donors (Lipinski definition) is 0. The molecule has 1 heterocycles. The smallest absolute Gasteiger partial charge is 0.136 e. The van der Waals surface area contributed by atoms with Crippen LogP contribution in [0, 0.1) is 29.6 Å². The maximum absolute atomic E-state index is 11.5. The van der Waals surface area contributed by atoms with Gasteiger partial charge in [-0.1, -0.05) is 63.5 Å². The van der Waals surface area contributed by atoms with E-state index in [1.807, 2.05) is 51.3 Å². The molecule has 0 radical (unpaired) electrons. The molecular formula is C23H29NO. The van der Waals surface area contributed by atoms with E-state index >= 15 is 0 Å². The third-order valence-corrected chi connectivity index (χ3v) is 4.49. The highest BCUT2D eigenvalue weighted by Gasteiger charge is 2.22. The molecular weight excluding hydrogens is 306 g/mol. The second kappa shape index (κ2) is 9.79. The van der Waals surface area contributed by atoms with Crippen molar-refractivity contribution < 1.29 is 4.79 Å². The van der Waals surface area contributed by atoms with Crippen LogP contribution in [0.15, 0.2) is 64.9 Å². The SMILES string of the molecule is C=C(C)C(C#CC1=CN=C(C=CC=CC)C(C)C1C)=CC(C)C(C)=O. The molecule has 1 aliphatic rings. The number of carbonyl (C=O) groups is 1. The van der Waals surface area contributed by atoms with Crippen LogP contribution in [-0.2, 0) is 4.79 Å². The quantitative estimate of drug-likeness (QED) is 0.484. The van der Waals surface area contributed by atoms with Gasteiger partial charge in [-0.2, -0.15) is 0 Å². The normalized spacial score (nSPS) is 22.2. The first-order valence-corrected chi connectivity index (χ1v) is 8.75. The number of carbonyl (C=O) groups excluding carboxylic acids is 1. The average molecular weight is 335 g/mol. The lowest BCUT2D eigenvalue weighted by atomic mass is 9.83. The van der Waals surface area contributed by atoms with Gasteiger partial charge >= 0.3 is 0 Å². The lowest BCUT2D eigenvalue weighted by Crippen LogP contribution is -2.21. The van der Waals surface area contributed by atoms with Crippen LogP contribution in [0.5, 0.6) is 0 Å². The third-order valence-electron chi connectivity index (χ3n) is 4.49. The van der Waals surface area contributed by atoms with Gasteiger partial charge in [0.1, 0.15) is 5.78 Å². The van der Waals surface area contributed by atoms with Crippen molar-refractivity contribution in [2.75, 3.05) is 0 Å². The molecule has 0 fully saturated rings. The zero-order valence-corrected chi connectivity index (χ0v) is 16.3. The maximum Gasteiger partial charge on any atom is 0.136 e. The number of hydrogen-bond acceptors (Lipinski definition) is 2. The van der Waals surface area contributed by atoms with Crippen molar-refractivity contribution in [2.24, 2.45) is 22.7 Å². The monoisotopic (exact) mass is 335 g/mol. The van der Waals surface area contributed by atoms with Crippen LogP contribution in [0.25, 0.3) is 0 Å². The summed E-state index contributed by atoms with van der Waals surface area (Å²) in [5, 5.41) is 0. The molecule has 0 spiro atoms. The standard InChI is InChI=1S/C23H29NO/c1-8-9-10-11-23-19(6)18(5)22(15-24-23)13-12-21(16(2)3)14-17(4)20(7)25/h8-11,14-15,17-19H,2H2,1,3-7H3. The Labute approximate surface area is 152 Å². The van der Waals surface area contributed by atoms with Crippen molar-refractivity contribution in [2.45, 2.75) is 41.5 Å². The van der Waals surface area contributed by atoms with Gasteiger partial charge < -0.3 is 0 Å². The summed E-state index contributed by atoms with van der Waals surface area (Å²) in [5.74, 6) is 7.01. The maximum atomic E-state index is 11.5. The van der Waals surface area contributed by atoms with E-state index in [4.69, 9.17) is 0 Å². The molecule has 1 aliphatic heterocycles. The van der Waals surface area contributed by atoms with E-state index in [1.54, 1.807) is 6.92 Å².